The van der Waals surface area contributed by atoms with E-state index < -0.39 is 36.0 Å². The van der Waals surface area contributed by atoms with Crippen LogP contribution >= 0.6 is 0 Å². The number of aryl methyl sites for hydroxylation is 2. The van der Waals surface area contributed by atoms with Crippen LogP contribution in [-0.4, -0.2) is 55.2 Å². The Morgan fingerprint density at radius 1 is 0.757 bits per heavy atom. The largest absolute Gasteiger partial charge is 0.478 e. The smallest absolute Gasteiger partial charge is 0.349 e. The van der Waals surface area contributed by atoms with Gasteiger partial charge in [0.1, 0.15) is 0 Å². The van der Waals surface area contributed by atoms with Crippen LogP contribution in [0.3, 0.4) is 0 Å². The van der Waals surface area contributed by atoms with E-state index in [-0.39, 0.29) is 11.1 Å². The average Bonchev–Trinajstić information content (AvgIpc) is 2.86. The van der Waals surface area contributed by atoms with Crippen LogP contribution in [0, 0.1) is 13.8 Å². The van der Waals surface area contributed by atoms with Gasteiger partial charge < -0.3 is 24.8 Å². The molecule has 0 unspecified atom stereocenters. The summed E-state index contributed by atoms with van der Waals surface area (Å²) in [6.07, 6.45) is -4.09. The van der Waals surface area contributed by atoms with E-state index in [1.165, 1.54) is 24.3 Å². The van der Waals surface area contributed by atoms with Gasteiger partial charge in [0.15, 0.2) is 0 Å². The van der Waals surface area contributed by atoms with Crippen molar-refractivity contribution in [3.8, 4) is 0 Å². The zero-order valence-corrected chi connectivity index (χ0v) is 20.9. The summed E-state index contributed by atoms with van der Waals surface area (Å²) in [4.78, 5) is 52.9. The molecule has 0 saturated carbocycles. The molecule has 192 valence electrons. The summed E-state index contributed by atoms with van der Waals surface area (Å²) >= 11 is 0. The molecule has 9 nitrogen and oxygen atoms in total. The first-order valence-corrected chi connectivity index (χ1v) is 11.4. The number of rotatable bonds is 9. The summed E-state index contributed by atoms with van der Waals surface area (Å²) in [5.41, 5.74) is 2.93. The quantitative estimate of drug-likeness (QED) is 0.422. The third-order valence-corrected chi connectivity index (χ3v) is 5.40. The third kappa shape index (κ3) is 7.17. The molecule has 0 spiro atoms. The van der Waals surface area contributed by atoms with Crippen LogP contribution in [0.5, 0.6) is 0 Å². The number of hydrogen-bond donors (Lipinski definition) is 2. The fourth-order valence-corrected chi connectivity index (χ4v) is 3.46. The van der Waals surface area contributed by atoms with Crippen molar-refractivity contribution in [1.29, 1.82) is 0 Å². The topological polar surface area (TPSA) is 122 Å². The molecule has 2 N–H and O–H groups in total. The number of anilines is 2. The third-order valence-electron chi connectivity index (χ3n) is 5.40. The van der Waals surface area contributed by atoms with Crippen LogP contribution in [0.25, 0.3) is 0 Å². The van der Waals surface area contributed by atoms with Gasteiger partial charge in [0.2, 0.25) is 12.2 Å². The van der Waals surface area contributed by atoms with Crippen molar-refractivity contribution in [2.24, 2.45) is 0 Å². The van der Waals surface area contributed by atoms with Crippen LogP contribution in [0.1, 0.15) is 31.8 Å². The minimum atomic E-state index is -2.11. The Morgan fingerprint density at radius 2 is 1.24 bits per heavy atom. The lowest BCUT2D eigenvalue weighted by atomic mass is 10.1. The standard InChI is InChI=1S/C28H28N2O7/c1-17-7-5-9-19(15-17)27(34)36-23(25(31)29-21-11-13-22(14-12-21)30(3)4)24(26(32)33)37-28(35)20-10-6-8-18(2)16-20/h5-16,23-24H,1-4H3,(H,29,31)(H,32,33)/t23-,24-/m0/s1. The van der Waals surface area contributed by atoms with Crippen molar-refractivity contribution in [3.05, 3.63) is 95.1 Å². The van der Waals surface area contributed by atoms with E-state index in [1.54, 1.807) is 62.4 Å². The van der Waals surface area contributed by atoms with Gasteiger partial charge in [0.05, 0.1) is 11.1 Å². The SMILES string of the molecule is Cc1cccc(C(=O)O[C@H](C(=O)O)[C@H](OC(=O)c2cccc(C)c2)C(=O)Nc2ccc(N(C)C)cc2)c1. The van der Waals surface area contributed by atoms with Gasteiger partial charge in [0.25, 0.3) is 5.91 Å². The van der Waals surface area contributed by atoms with Gasteiger partial charge in [-0.15, -0.1) is 0 Å². The van der Waals surface area contributed by atoms with Crippen LogP contribution < -0.4 is 10.2 Å². The molecule has 37 heavy (non-hydrogen) atoms. The van der Waals surface area contributed by atoms with Gasteiger partial charge in [0, 0.05) is 25.5 Å². The molecule has 3 rings (SSSR count). The highest BCUT2D eigenvalue weighted by atomic mass is 16.6. The number of carboxylic acid groups (broad SMARTS) is 1. The second-order valence-corrected chi connectivity index (χ2v) is 8.66. The molecule has 0 aromatic heterocycles. The van der Waals surface area contributed by atoms with Gasteiger partial charge in [-0.1, -0.05) is 35.4 Å². The number of aliphatic carboxylic acids is 1. The zero-order valence-electron chi connectivity index (χ0n) is 20.9. The van der Waals surface area contributed by atoms with Crippen LogP contribution in [0.2, 0.25) is 0 Å². The highest BCUT2D eigenvalue weighted by Gasteiger charge is 2.41. The molecule has 0 radical (unpaired) electrons. The van der Waals surface area contributed by atoms with E-state index in [0.29, 0.717) is 5.69 Å². The van der Waals surface area contributed by atoms with Crippen molar-refractivity contribution in [1.82, 2.24) is 0 Å². The molecule has 0 aliphatic carbocycles. The molecule has 2 atom stereocenters. The Bertz CT molecular complexity index is 1300. The molecule has 3 aromatic carbocycles. The van der Waals surface area contributed by atoms with Gasteiger partial charge in [-0.05, 0) is 62.4 Å². The number of nitrogens with zero attached hydrogens (tertiary/aromatic N) is 1. The average molecular weight is 505 g/mol. The molecule has 0 aliphatic rings. The molecule has 0 aliphatic heterocycles. The highest BCUT2D eigenvalue weighted by Crippen LogP contribution is 2.19. The summed E-state index contributed by atoms with van der Waals surface area (Å²) < 4.78 is 10.6. The Hall–Kier alpha value is -4.66. The molecular formula is C28H28N2O7. The van der Waals surface area contributed by atoms with Crippen molar-refractivity contribution in [2.75, 3.05) is 24.3 Å². The first-order valence-electron chi connectivity index (χ1n) is 11.4. The number of esters is 2. The zero-order chi connectivity index (χ0) is 27.1. The molecule has 1 amide bonds. The molecule has 0 saturated heterocycles. The lowest BCUT2D eigenvalue weighted by molar-refractivity contribution is -0.157. The van der Waals surface area contributed by atoms with Gasteiger partial charge in [-0.3, -0.25) is 4.79 Å². The predicted molar refractivity (Wildman–Crippen MR) is 138 cm³/mol. The molecule has 0 fully saturated rings. The minimum absolute atomic E-state index is 0.0923. The summed E-state index contributed by atoms with van der Waals surface area (Å²) in [5.74, 6) is -4.54. The lowest BCUT2D eigenvalue weighted by Gasteiger charge is -2.24. The van der Waals surface area contributed by atoms with Gasteiger partial charge in [-0.2, -0.15) is 0 Å². The van der Waals surface area contributed by atoms with Gasteiger partial charge >= 0.3 is 17.9 Å². The fraction of sp³-hybridized carbons (Fsp3) is 0.214. The first kappa shape index (κ1) is 26.9. The number of carbonyl (C=O) groups is 4. The fourth-order valence-electron chi connectivity index (χ4n) is 3.46. The predicted octanol–water partition coefficient (Wildman–Crippen LogP) is 3.84. The van der Waals surface area contributed by atoms with E-state index in [0.717, 1.165) is 16.8 Å². The van der Waals surface area contributed by atoms with Crippen molar-refractivity contribution in [2.45, 2.75) is 26.1 Å². The van der Waals surface area contributed by atoms with E-state index in [1.807, 2.05) is 19.0 Å². The number of ether oxygens (including phenoxy) is 2. The summed E-state index contributed by atoms with van der Waals surface area (Å²) in [6, 6.07) is 19.4. The highest BCUT2D eigenvalue weighted by molar-refractivity contribution is 6.01. The minimum Gasteiger partial charge on any atom is -0.478 e. The van der Waals surface area contributed by atoms with Crippen LogP contribution in [0.4, 0.5) is 11.4 Å². The first-order chi connectivity index (χ1) is 17.5. The molecular weight excluding hydrogens is 476 g/mol. The van der Waals surface area contributed by atoms with E-state index >= 15 is 0 Å². The maximum atomic E-state index is 13.2. The van der Waals surface area contributed by atoms with Crippen molar-refractivity contribution >= 4 is 35.2 Å². The summed E-state index contributed by atoms with van der Waals surface area (Å²) in [6.45, 7) is 3.52. The number of amides is 1. The van der Waals surface area contributed by atoms with E-state index in [4.69, 9.17) is 9.47 Å². The second-order valence-electron chi connectivity index (χ2n) is 8.66. The summed E-state index contributed by atoms with van der Waals surface area (Å²) in [7, 11) is 3.71. The molecule has 0 heterocycles. The van der Waals surface area contributed by atoms with E-state index in [9.17, 15) is 24.3 Å². The lowest BCUT2D eigenvalue weighted by Crippen LogP contribution is -2.48. The number of nitrogens with one attached hydrogen (secondary N) is 1. The molecule has 0 bridgehead atoms. The Morgan fingerprint density at radius 3 is 1.68 bits per heavy atom. The summed E-state index contributed by atoms with van der Waals surface area (Å²) in [5, 5.41) is 12.4. The normalized spacial score (nSPS) is 12.1. The Labute approximate surface area is 214 Å². The number of carboxylic acids is 1. The van der Waals surface area contributed by atoms with Crippen LogP contribution in [-0.2, 0) is 19.1 Å². The Kier molecular flexibility index (Phi) is 8.63. The Balaban J connectivity index is 1.91. The number of hydrogen-bond acceptors (Lipinski definition) is 7. The maximum absolute atomic E-state index is 13.2. The maximum Gasteiger partial charge on any atom is 0.349 e. The van der Waals surface area contributed by atoms with Gasteiger partial charge in [-0.25, -0.2) is 14.4 Å². The second kappa shape index (κ2) is 11.9. The van der Waals surface area contributed by atoms with E-state index in [2.05, 4.69) is 5.32 Å². The van der Waals surface area contributed by atoms with Crippen molar-refractivity contribution < 1.29 is 33.8 Å². The number of benzene rings is 3. The molecule has 3 aromatic rings. The van der Waals surface area contributed by atoms with Crippen molar-refractivity contribution in [3.63, 3.8) is 0 Å². The molecule has 9 heteroatoms. The number of carbonyl (C=O) groups excluding carboxylic acids is 3. The monoisotopic (exact) mass is 504 g/mol. The van der Waals surface area contributed by atoms with Crippen LogP contribution in [0.15, 0.2) is 72.8 Å².